The molecule has 2 aromatic rings. The van der Waals surface area contributed by atoms with Crippen molar-refractivity contribution in [2.45, 2.75) is 5.88 Å². The molecule has 0 unspecified atom stereocenters. The summed E-state index contributed by atoms with van der Waals surface area (Å²) in [4.78, 5) is 14.1. The zero-order valence-electron chi connectivity index (χ0n) is 7.18. The lowest BCUT2D eigenvalue weighted by Gasteiger charge is -2.00. The monoisotopic (exact) mass is 227 g/mol. The van der Waals surface area contributed by atoms with E-state index in [-0.39, 0.29) is 11.4 Å². The topological polar surface area (TPSA) is 32.9 Å². The molecule has 0 saturated heterocycles. The minimum Gasteiger partial charge on any atom is -0.322 e. The maximum Gasteiger partial charge on any atom is 0.252 e. The summed E-state index contributed by atoms with van der Waals surface area (Å²) in [5, 5.41) is 1.54. The second-order valence-corrected chi connectivity index (χ2v) is 3.69. The number of H-pyrrole nitrogens is 1. The Balaban J connectivity index is 2.80. The van der Waals surface area contributed by atoms with Crippen LogP contribution < -0.4 is 5.56 Å². The van der Waals surface area contributed by atoms with Gasteiger partial charge in [0.15, 0.2) is 0 Å². The van der Waals surface area contributed by atoms with E-state index in [1.54, 1.807) is 24.3 Å². The quantitative estimate of drug-likeness (QED) is 0.748. The molecule has 0 amide bonds. The van der Waals surface area contributed by atoms with E-state index >= 15 is 0 Å². The Labute approximate surface area is 90.5 Å². The number of aromatic nitrogens is 1. The second-order valence-electron chi connectivity index (χ2n) is 2.99. The van der Waals surface area contributed by atoms with Crippen LogP contribution in [0.15, 0.2) is 29.1 Å². The molecule has 0 saturated carbocycles. The molecule has 0 radical (unpaired) electrons. The van der Waals surface area contributed by atoms with Gasteiger partial charge in [-0.3, -0.25) is 4.79 Å². The molecule has 0 atom stereocenters. The molecule has 2 nitrogen and oxygen atoms in total. The Bertz CT molecular complexity index is 533. The number of hydrogen-bond acceptors (Lipinski definition) is 1. The Hall–Kier alpha value is -0.990. The van der Waals surface area contributed by atoms with Crippen LogP contribution in [0.3, 0.4) is 0 Å². The van der Waals surface area contributed by atoms with E-state index in [9.17, 15) is 4.79 Å². The summed E-state index contributed by atoms with van der Waals surface area (Å²) in [5.41, 5.74) is 1.18. The van der Waals surface area contributed by atoms with E-state index in [0.29, 0.717) is 10.6 Å². The van der Waals surface area contributed by atoms with Crippen LogP contribution in [0.25, 0.3) is 10.9 Å². The summed E-state index contributed by atoms with van der Waals surface area (Å²) in [6, 6.07) is 7.06. The first-order valence-electron chi connectivity index (χ1n) is 4.08. The molecule has 0 aliphatic heterocycles. The zero-order valence-corrected chi connectivity index (χ0v) is 8.69. The molecule has 1 heterocycles. The highest BCUT2D eigenvalue weighted by Gasteiger charge is 2.01. The molecule has 0 fully saturated rings. The van der Waals surface area contributed by atoms with E-state index in [0.717, 1.165) is 10.9 Å². The van der Waals surface area contributed by atoms with Crippen LogP contribution in [0.2, 0.25) is 5.02 Å². The Morgan fingerprint density at radius 3 is 2.79 bits per heavy atom. The van der Waals surface area contributed by atoms with E-state index in [4.69, 9.17) is 23.2 Å². The SMILES string of the molecule is O=c1[nH]c2ccc(Cl)cc2cc1CCl. The summed E-state index contributed by atoms with van der Waals surface area (Å²) < 4.78 is 0. The normalized spacial score (nSPS) is 10.7. The molecule has 1 aromatic heterocycles. The van der Waals surface area contributed by atoms with Crippen LogP contribution in [-0.4, -0.2) is 4.98 Å². The fourth-order valence-corrected chi connectivity index (χ4v) is 1.70. The van der Waals surface area contributed by atoms with Gasteiger partial charge in [-0.1, -0.05) is 11.6 Å². The molecule has 4 heteroatoms. The van der Waals surface area contributed by atoms with Gasteiger partial charge in [0.05, 0.1) is 5.88 Å². The van der Waals surface area contributed by atoms with Gasteiger partial charge in [0.25, 0.3) is 5.56 Å². The van der Waals surface area contributed by atoms with Gasteiger partial charge in [0.2, 0.25) is 0 Å². The predicted octanol–water partition coefficient (Wildman–Crippen LogP) is 2.92. The number of rotatable bonds is 1. The second kappa shape index (κ2) is 3.64. The van der Waals surface area contributed by atoms with Gasteiger partial charge in [0, 0.05) is 21.5 Å². The van der Waals surface area contributed by atoms with Gasteiger partial charge in [-0.2, -0.15) is 0 Å². The third-order valence-electron chi connectivity index (χ3n) is 2.03. The molecule has 72 valence electrons. The summed E-state index contributed by atoms with van der Waals surface area (Å²) in [6.07, 6.45) is 0. The largest absolute Gasteiger partial charge is 0.322 e. The lowest BCUT2D eigenvalue weighted by Crippen LogP contribution is -2.10. The van der Waals surface area contributed by atoms with Gasteiger partial charge >= 0.3 is 0 Å². The van der Waals surface area contributed by atoms with Crippen LogP contribution in [-0.2, 0) is 5.88 Å². The Morgan fingerprint density at radius 1 is 1.29 bits per heavy atom. The van der Waals surface area contributed by atoms with Crippen LogP contribution in [0.4, 0.5) is 0 Å². The van der Waals surface area contributed by atoms with Crippen molar-refractivity contribution in [1.29, 1.82) is 0 Å². The summed E-state index contributed by atoms with van der Waals surface area (Å²) in [5.74, 6) is 0.206. The molecule has 1 N–H and O–H groups in total. The smallest absolute Gasteiger partial charge is 0.252 e. The van der Waals surface area contributed by atoms with Gasteiger partial charge in [-0.15, -0.1) is 11.6 Å². The predicted molar refractivity (Wildman–Crippen MR) is 59.1 cm³/mol. The van der Waals surface area contributed by atoms with Crippen molar-refractivity contribution in [2.24, 2.45) is 0 Å². The molecule has 14 heavy (non-hydrogen) atoms. The average molecular weight is 228 g/mol. The molecule has 0 spiro atoms. The van der Waals surface area contributed by atoms with Crippen LogP contribution >= 0.6 is 23.2 Å². The van der Waals surface area contributed by atoms with E-state index < -0.39 is 0 Å². The number of halogens is 2. The first kappa shape index (κ1) is 9.56. The first-order valence-corrected chi connectivity index (χ1v) is 4.99. The fraction of sp³-hybridized carbons (Fsp3) is 0.100. The molecule has 0 aliphatic carbocycles. The van der Waals surface area contributed by atoms with Crippen molar-refractivity contribution in [1.82, 2.24) is 4.98 Å². The van der Waals surface area contributed by atoms with Crippen molar-refractivity contribution >= 4 is 34.1 Å². The van der Waals surface area contributed by atoms with Crippen molar-refractivity contribution in [3.05, 3.63) is 45.2 Å². The van der Waals surface area contributed by atoms with E-state index in [1.165, 1.54) is 0 Å². The maximum atomic E-state index is 11.4. The number of aromatic amines is 1. The number of alkyl halides is 1. The maximum absolute atomic E-state index is 11.4. The molecule has 2 rings (SSSR count). The van der Waals surface area contributed by atoms with Crippen LogP contribution in [0.1, 0.15) is 5.56 Å². The van der Waals surface area contributed by atoms with Crippen LogP contribution in [0, 0.1) is 0 Å². The van der Waals surface area contributed by atoms with Crippen molar-refractivity contribution < 1.29 is 0 Å². The number of pyridine rings is 1. The molecule has 1 aromatic carbocycles. The fourth-order valence-electron chi connectivity index (χ4n) is 1.32. The highest BCUT2D eigenvalue weighted by molar-refractivity contribution is 6.31. The molecule has 0 bridgehead atoms. The standard InChI is InChI=1S/C10H7Cl2NO/c11-5-7-3-6-4-8(12)1-2-9(6)13-10(7)14/h1-4H,5H2,(H,13,14). The highest BCUT2D eigenvalue weighted by Crippen LogP contribution is 2.17. The first-order chi connectivity index (χ1) is 6.70. The highest BCUT2D eigenvalue weighted by atomic mass is 35.5. The molecular formula is C10H7Cl2NO. The minimum atomic E-state index is -0.144. The average Bonchev–Trinajstić information content (AvgIpc) is 2.17. The van der Waals surface area contributed by atoms with Crippen molar-refractivity contribution in [2.75, 3.05) is 0 Å². The van der Waals surface area contributed by atoms with E-state index in [1.807, 2.05) is 0 Å². The van der Waals surface area contributed by atoms with E-state index in [2.05, 4.69) is 4.98 Å². The number of nitrogens with one attached hydrogen (secondary N) is 1. The third kappa shape index (κ3) is 1.63. The summed E-state index contributed by atoms with van der Waals surface area (Å²) in [7, 11) is 0. The van der Waals surface area contributed by atoms with Crippen molar-refractivity contribution in [3.63, 3.8) is 0 Å². The van der Waals surface area contributed by atoms with Gasteiger partial charge in [-0.25, -0.2) is 0 Å². The number of benzene rings is 1. The minimum absolute atomic E-state index is 0.144. The summed E-state index contributed by atoms with van der Waals surface area (Å²) >= 11 is 11.4. The van der Waals surface area contributed by atoms with Crippen molar-refractivity contribution in [3.8, 4) is 0 Å². The third-order valence-corrected chi connectivity index (χ3v) is 2.55. The lowest BCUT2D eigenvalue weighted by atomic mass is 10.2. The zero-order chi connectivity index (χ0) is 10.1. The van der Waals surface area contributed by atoms with Crippen LogP contribution in [0.5, 0.6) is 0 Å². The van der Waals surface area contributed by atoms with Gasteiger partial charge in [-0.05, 0) is 24.3 Å². The molecule has 0 aliphatic rings. The Kier molecular flexibility index (Phi) is 2.48. The lowest BCUT2D eigenvalue weighted by molar-refractivity contribution is 1.21. The number of fused-ring (bicyclic) bond motifs is 1. The number of hydrogen-bond donors (Lipinski definition) is 1. The van der Waals surface area contributed by atoms with Gasteiger partial charge < -0.3 is 4.98 Å². The molecular weight excluding hydrogens is 221 g/mol. The summed E-state index contributed by atoms with van der Waals surface area (Å²) in [6.45, 7) is 0. The van der Waals surface area contributed by atoms with Gasteiger partial charge in [0.1, 0.15) is 0 Å². The Morgan fingerprint density at radius 2 is 2.07 bits per heavy atom.